The van der Waals surface area contributed by atoms with Gasteiger partial charge in [-0.3, -0.25) is 4.68 Å². The maximum absolute atomic E-state index is 12.0. The zero-order chi connectivity index (χ0) is 20.2. The van der Waals surface area contributed by atoms with Gasteiger partial charge in [-0.1, -0.05) is 48.5 Å². The van der Waals surface area contributed by atoms with Crippen LogP contribution in [0.2, 0.25) is 0 Å². The predicted octanol–water partition coefficient (Wildman–Crippen LogP) is 4.39. The lowest BCUT2D eigenvalue weighted by molar-refractivity contribution is 0.0521. The molecule has 146 valence electrons. The van der Waals surface area contributed by atoms with Crippen LogP contribution in [0, 0.1) is 0 Å². The molecule has 2 aromatic carbocycles. The molecule has 0 radical (unpaired) electrons. The van der Waals surface area contributed by atoms with Crippen molar-refractivity contribution in [2.24, 2.45) is 7.05 Å². The molecule has 2 aromatic heterocycles. The van der Waals surface area contributed by atoms with Crippen LogP contribution in [0.15, 0.2) is 66.9 Å². The summed E-state index contributed by atoms with van der Waals surface area (Å²) in [6.45, 7) is 2.37. The largest absolute Gasteiger partial charge is 0.471 e. The maximum Gasteiger partial charge on any atom is 0.345 e. The number of aryl methyl sites for hydroxylation is 1. The van der Waals surface area contributed by atoms with Gasteiger partial charge in [0.25, 0.3) is 0 Å². The molecule has 0 N–H and O–H groups in total. The van der Waals surface area contributed by atoms with Crippen molar-refractivity contribution >= 4 is 16.9 Å². The first-order chi connectivity index (χ1) is 14.1. The third kappa shape index (κ3) is 4.11. The fraction of sp³-hybridized carbons (Fsp3) is 0.174. The summed E-state index contributed by atoms with van der Waals surface area (Å²) >= 11 is 0. The lowest BCUT2D eigenvalue weighted by atomic mass is 10.1. The number of ether oxygens (including phenoxy) is 2. The highest BCUT2D eigenvalue weighted by atomic mass is 16.5. The molecular weight excluding hydrogens is 366 g/mol. The summed E-state index contributed by atoms with van der Waals surface area (Å²) in [4.78, 5) is 16.7. The van der Waals surface area contributed by atoms with Gasteiger partial charge < -0.3 is 9.47 Å². The molecular formula is C23H21N3O3. The zero-order valence-electron chi connectivity index (χ0n) is 16.3. The lowest BCUT2D eigenvalue weighted by Crippen LogP contribution is -2.06. The van der Waals surface area contributed by atoms with Crippen molar-refractivity contribution in [1.82, 2.24) is 14.8 Å². The van der Waals surface area contributed by atoms with Gasteiger partial charge in [0, 0.05) is 24.2 Å². The highest BCUT2D eigenvalue weighted by molar-refractivity contribution is 5.91. The number of hydrogen-bond acceptors (Lipinski definition) is 5. The van der Waals surface area contributed by atoms with Crippen molar-refractivity contribution in [1.29, 1.82) is 0 Å². The van der Waals surface area contributed by atoms with Gasteiger partial charge >= 0.3 is 5.97 Å². The number of nitrogens with zero attached hydrogens (tertiary/aromatic N) is 3. The Morgan fingerprint density at radius 1 is 1.03 bits per heavy atom. The second kappa shape index (κ2) is 8.14. The Labute approximate surface area is 168 Å². The number of pyridine rings is 1. The summed E-state index contributed by atoms with van der Waals surface area (Å²) in [6.07, 6.45) is 1.60. The van der Waals surface area contributed by atoms with Crippen molar-refractivity contribution in [2.75, 3.05) is 6.61 Å². The van der Waals surface area contributed by atoms with E-state index in [1.165, 1.54) is 4.68 Å². The Kier molecular flexibility index (Phi) is 5.24. The minimum absolute atomic E-state index is 0.270. The van der Waals surface area contributed by atoms with Crippen LogP contribution in [0.25, 0.3) is 22.2 Å². The number of para-hydroxylation sites is 1. The number of aromatic nitrogens is 3. The molecule has 6 heteroatoms. The molecule has 0 aliphatic heterocycles. The monoisotopic (exact) mass is 387 g/mol. The molecule has 0 aliphatic carbocycles. The molecule has 29 heavy (non-hydrogen) atoms. The number of esters is 1. The Balaban J connectivity index is 1.48. The minimum Gasteiger partial charge on any atom is -0.471 e. The number of hydrogen-bond donors (Lipinski definition) is 0. The second-order valence-corrected chi connectivity index (χ2v) is 6.62. The maximum atomic E-state index is 12.0. The molecule has 0 amide bonds. The van der Waals surface area contributed by atoms with Crippen LogP contribution >= 0.6 is 0 Å². The number of carbonyl (C=O) groups is 1. The van der Waals surface area contributed by atoms with Crippen LogP contribution in [0.3, 0.4) is 0 Å². The molecule has 0 fully saturated rings. The van der Waals surface area contributed by atoms with Gasteiger partial charge in [-0.2, -0.15) is 0 Å². The topological polar surface area (TPSA) is 66.2 Å². The van der Waals surface area contributed by atoms with Crippen LogP contribution in [-0.2, 0) is 18.4 Å². The first kappa shape index (κ1) is 18.7. The van der Waals surface area contributed by atoms with Gasteiger partial charge in [0.1, 0.15) is 12.2 Å². The van der Waals surface area contributed by atoms with E-state index in [4.69, 9.17) is 14.5 Å². The zero-order valence-corrected chi connectivity index (χ0v) is 16.3. The fourth-order valence-corrected chi connectivity index (χ4v) is 3.07. The van der Waals surface area contributed by atoms with E-state index >= 15 is 0 Å². The Morgan fingerprint density at radius 3 is 2.62 bits per heavy atom. The molecule has 0 saturated heterocycles. The molecule has 2 heterocycles. The minimum atomic E-state index is -0.437. The van der Waals surface area contributed by atoms with E-state index in [0.29, 0.717) is 18.8 Å². The summed E-state index contributed by atoms with van der Waals surface area (Å²) in [5.74, 6) is -0.167. The molecule has 6 nitrogen and oxygen atoms in total. The van der Waals surface area contributed by atoms with Gasteiger partial charge in [0.05, 0.1) is 17.8 Å². The van der Waals surface area contributed by atoms with Crippen molar-refractivity contribution in [3.63, 3.8) is 0 Å². The van der Waals surface area contributed by atoms with Crippen LogP contribution in [0.5, 0.6) is 5.88 Å². The van der Waals surface area contributed by atoms with E-state index in [9.17, 15) is 4.79 Å². The van der Waals surface area contributed by atoms with E-state index in [-0.39, 0.29) is 5.88 Å². The van der Waals surface area contributed by atoms with Crippen molar-refractivity contribution in [3.8, 4) is 17.1 Å². The average Bonchev–Trinajstić information content (AvgIpc) is 3.13. The van der Waals surface area contributed by atoms with Crippen molar-refractivity contribution in [3.05, 3.63) is 78.0 Å². The third-order valence-corrected chi connectivity index (χ3v) is 4.51. The fourth-order valence-electron chi connectivity index (χ4n) is 3.07. The summed E-state index contributed by atoms with van der Waals surface area (Å²) in [6, 6.07) is 20.2. The molecule has 0 unspecified atom stereocenters. The average molecular weight is 387 g/mol. The number of rotatable bonds is 6. The molecule has 0 atom stereocenters. The van der Waals surface area contributed by atoms with Gasteiger partial charge in [-0.05, 0) is 24.6 Å². The van der Waals surface area contributed by atoms with E-state index in [1.807, 2.05) is 48.5 Å². The third-order valence-electron chi connectivity index (χ3n) is 4.51. The highest BCUT2D eigenvalue weighted by Gasteiger charge is 2.18. The van der Waals surface area contributed by atoms with E-state index in [2.05, 4.69) is 17.2 Å². The molecule has 4 aromatic rings. The first-order valence-corrected chi connectivity index (χ1v) is 9.42. The second-order valence-electron chi connectivity index (χ2n) is 6.62. The van der Waals surface area contributed by atoms with E-state index in [1.54, 1.807) is 20.2 Å². The Morgan fingerprint density at radius 2 is 1.83 bits per heavy atom. The van der Waals surface area contributed by atoms with Crippen molar-refractivity contribution in [2.45, 2.75) is 13.5 Å². The van der Waals surface area contributed by atoms with Gasteiger partial charge in [0.15, 0.2) is 0 Å². The Hall–Kier alpha value is -3.67. The summed E-state index contributed by atoms with van der Waals surface area (Å²) in [5.41, 5.74) is 4.22. The van der Waals surface area contributed by atoms with Crippen LogP contribution < -0.4 is 4.74 Å². The summed E-state index contributed by atoms with van der Waals surface area (Å²) in [5, 5.41) is 5.33. The summed E-state index contributed by atoms with van der Waals surface area (Å²) < 4.78 is 12.4. The SMILES string of the molecule is CCOC(=O)c1cn(C)nc1OCc1ccc(-c2ccc3ccccc3n2)cc1. The van der Waals surface area contributed by atoms with Crippen LogP contribution in [0.4, 0.5) is 0 Å². The smallest absolute Gasteiger partial charge is 0.345 e. The molecule has 0 saturated carbocycles. The Bertz CT molecular complexity index is 1150. The van der Waals surface area contributed by atoms with E-state index < -0.39 is 5.97 Å². The quantitative estimate of drug-likeness (QED) is 0.459. The molecule has 0 spiro atoms. The van der Waals surface area contributed by atoms with Gasteiger partial charge in [-0.15, -0.1) is 5.10 Å². The van der Waals surface area contributed by atoms with Gasteiger partial charge in [-0.25, -0.2) is 9.78 Å². The first-order valence-electron chi connectivity index (χ1n) is 9.42. The number of fused-ring (bicyclic) bond motifs is 1. The molecule has 4 rings (SSSR count). The summed E-state index contributed by atoms with van der Waals surface area (Å²) in [7, 11) is 1.74. The molecule has 0 bridgehead atoms. The van der Waals surface area contributed by atoms with Crippen molar-refractivity contribution < 1.29 is 14.3 Å². The number of carbonyl (C=O) groups excluding carboxylic acids is 1. The van der Waals surface area contributed by atoms with Crippen LogP contribution in [-0.4, -0.2) is 27.3 Å². The lowest BCUT2D eigenvalue weighted by Gasteiger charge is -2.07. The normalized spacial score (nSPS) is 10.8. The van der Waals surface area contributed by atoms with Crippen LogP contribution in [0.1, 0.15) is 22.8 Å². The molecule has 0 aliphatic rings. The number of benzene rings is 2. The highest BCUT2D eigenvalue weighted by Crippen LogP contribution is 2.22. The van der Waals surface area contributed by atoms with E-state index in [0.717, 1.165) is 27.7 Å². The predicted molar refractivity (Wildman–Crippen MR) is 111 cm³/mol. The standard InChI is InChI=1S/C23H21N3O3/c1-3-28-23(27)19-14-26(2)25-22(19)29-15-16-8-10-18(11-9-16)21-13-12-17-6-4-5-7-20(17)24-21/h4-14H,3,15H2,1-2H3. The van der Waals surface area contributed by atoms with Gasteiger partial charge in [0.2, 0.25) is 5.88 Å².